The number of carboxylic acid groups (broad SMARTS) is 2. The van der Waals surface area contributed by atoms with E-state index in [1.54, 1.807) is 18.2 Å². The molecule has 6 nitrogen and oxygen atoms in total. The number of aromatic carboxylic acids is 1. The van der Waals surface area contributed by atoms with E-state index in [-0.39, 0.29) is 17.7 Å². The van der Waals surface area contributed by atoms with E-state index in [0.717, 1.165) is 0 Å². The molecular formula is C16H19NO5. The number of hydrogen-bond acceptors (Lipinski definition) is 3. The van der Waals surface area contributed by atoms with Gasteiger partial charge in [0, 0.05) is 6.54 Å². The van der Waals surface area contributed by atoms with Crippen LogP contribution in [0, 0.1) is 5.92 Å². The van der Waals surface area contributed by atoms with E-state index < -0.39 is 23.8 Å². The van der Waals surface area contributed by atoms with E-state index in [2.05, 4.69) is 11.9 Å². The lowest BCUT2D eigenvalue weighted by Crippen LogP contribution is -2.27. The van der Waals surface area contributed by atoms with Crippen LogP contribution in [0.1, 0.15) is 40.0 Å². The van der Waals surface area contributed by atoms with Gasteiger partial charge < -0.3 is 15.5 Å². The number of benzene rings is 1. The fourth-order valence-electron chi connectivity index (χ4n) is 2.06. The second kappa shape index (κ2) is 8.61. The summed E-state index contributed by atoms with van der Waals surface area (Å²) in [6.45, 7) is 3.80. The molecule has 0 fully saturated rings. The Hall–Kier alpha value is -2.63. The second-order valence-corrected chi connectivity index (χ2v) is 4.81. The Morgan fingerprint density at radius 2 is 1.82 bits per heavy atom. The largest absolute Gasteiger partial charge is 0.481 e. The third kappa shape index (κ3) is 5.05. The summed E-state index contributed by atoms with van der Waals surface area (Å²) in [5.41, 5.74) is 0.0333. The Balaban J connectivity index is 2.52. The van der Waals surface area contributed by atoms with Crippen LogP contribution in [-0.2, 0) is 4.79 Å². The number of rotatable bonds is 9. The quantitative estimate of drug-likeness (QED) is 0.479. The van der Waals surface area contributed by atoms with Gasteiger partial charge in [-0.25, -0.2) is 4.79 Å². The number of aliphatic carboxylic acids is 1. The smallest absolute Gasteiger partial charge is 0.336 e. The van der Waals surface area contributed by atoms with E-state index in [1.807, 2.05) is 0 Å². The van der Waals surface area contributed by atoms with Crippen molar-refractivity contribution in [2.45, 2.75) is 19.3 Å². The number of carboxylic acids is 2. The van der Waals surface area contributed by atoms with Gasteiger partial charge >= 0.3 is 11.9 Å². The summed E-state index contributed by atoms with van der Waals surface area (Å²) < 4.78 is 0. The van der Waals surface area contributed by atoms with E-state index in [9.17, 15) is 14.4 Å². The maximum absolute atomic E-state index is 12.0. The lowest BCUT2D eigenvalue weighted by atomic mass is 9.99. The number of allylic oxidation sites excluding steroid dienone is 1. The van der Waals surface area contributed by atoms with Crippen LogP contribution in [-0.4, -0.2) is 34.6 Å². The molecule has 0 radical (unpaired) electrons. The molecule has 1 unspecified atom stereocenters. The van der Waals surface area contributed by atoms with E-state index in [4.69, 9.17) is 10.2 Å². The van der Waals surface area contributed by atoms with Crippen LogP contribution in [0.2, 0.25) is 0 Å². The molecule has 0 saturated heterocycles. The average molecular weight is 305 g/mol. The van der Waals surface area contributed by atoms with Gasteiger partial charge in [0.05, 0.1) is 17.0 Å². The maximum Gasteiger partial charge on any atom is 0.336 e. The molecule has 118 valence electrons. The van der Waals surface area contributed by atoms with Crippen molar-refractivity contribution in [3.8, 4) is 0 Å². The maximum atomic E-state index is 12.0. The van der Waals surface area contributed by atoms with Gasteiger partial charge in [-0.05, 0) is 31.4 Å². The van der Waals surface area contributed by atoms with Crippen molar-refractivity contribution in [2.75, 3.05) is 6.54 Å². The molecule has 0 aliphatic carbocycles. The van der Waals surface area contributed by atoms with Crippen molar-refractivity contribution < 1.29 is 24.6 Å². The molecular weight excluding hydrogens is 286 g/mol. The highest BCUT2D eigenvalue weighted by atomic mass is 16.4. The lowest BCUT2D eigenvalue weighted by molar-refractivity contribution is -0.141. The summed E-state index contributed by atoms with van der Waals surface area (Å²) in [5.74, 6) is -3.04. The minimum atomic E-state index is -1.16. The van der Waals surface area contributed by atoms with E-state index in [1.165, 1.54) is 12.1 Å². The Morgan fingerprint density at radius 3 is 2.36 bits per heavy atom. The average Bonchev–Trinajstić information content (AvgIpc) is 2.49. The molecule has 0 bridgehead atoms. The van der Waals surface area contributed by atoms with Crippen molar-refractivity contribution in [3.63, 3.8) is 0 Å². The molecule has 0 heterocycles. The van der Waals surface area contributed by atoms with Crippen molar-refractivity contribution in [1.82, 2.24) is 5.32 Å². The lowest BCUT2D eigenvalue weighted by Gasteiger charge is -2.11. The third-order valence-electron chi connectivity index (χ3n) is 3.22. The molecule has 1 aromatic carbocycles. The summed E-state index contributed by atoms with van der Waals surface area (Å²) >= 11 is 0. The predicted molar refractivity (Wildman–Crippen MR) is 80.9 cm³/mol. The molecule has 22 heavy (non-hydrogen) atoms. The zero-order valence-electron chi connectivity index (χ0n) is 12.1. The topological polar surface area (TPSA) is 104 Å². The van der Waals surface area contributed by atoms with Crippen LogP contribution < -0.4 is 5.32 Å². The Bertz CT molecular complexity index is 567. The Morgan fingerprint density at radius 1 is 1.18 bits per heavy atom. The fourth-order valence-corrected chi connectivity index (χ4v) is 2.06. The minimum absolute atomic E-state index is 0.0601. The monoisotopic (exact) mass is 305 g/mol. The first-order chi connectivity index (χ1) is 10.5. The molecule has 1 amide bonds. The number of hydrogen-bond donors (Lipinski definition) is 3. The van der Waals surface area contributed by atoms with Crippen molar-refractivity contribution in [2.24, 2.45) is 5.92 Å². The van der Waals surface area contributed by atoms with Crippen LogP contribution in [0.5, 0.6) is 0 Å². The van der Waals surface area contributed by atoms with Gasteiger partial charge in [0.15, 0.2) is 0 Å². The number of nitrogens with one attached hydrogen (secondary N) is 1. The molecule has 1 atom stereocenters. The van der Waals surface area contributed by atoms with Crippen molar-refractivity contribution >= 4 is 17.8 Å². The highest BCUT2D eigenvalue weighted by Crippen LogP contribution is 2.12. The highest BCUT2D eigenvalue weighted by molar-refractivity contribution is 6.04. The van der Waals surface area contributed by atoms with Gasteiger partial charge in [0.1, 0.15) is 0 Å². The molecule has 1 rings (SSSR count). The zero-order chi connectivity index (χ0) is 16.5. The first kappa shape index (κ1) is 17.4. The number of carbonyl (C=O) groups excluding carboxylic acids is 1. The van der Waals surface area contributed by atoms with Crippen LogP contribution >= 0.6 is 0 Å². The summed E-state index contributed by atoms with van der Waals surface area (Å²) in [5, 5.41) is 20.6. The molecule has 0 aliphatic rings. The number of amides is 1. The van der Waals surface area contributed by atoms with Gasteiger partial charge in [0.25, 0.3) is 5.91 Å². The normalized spacial score (nSPS) is 11.5. The highest BCUT2D eigenvalue weighted by Gasteiger charge is 2.17. The van der Waals surface area contributed by atoms with Crippen molar-refractivity contribution in [3.05, 3.63) is 48.0 Å². The zero-order valence-corrected chi connectivity index (χ0v) is 12.1. The standard InChI is InChI=1S/C16H19NO5/c1-2-6-11(15(19)20)7-5-10-17-14(18)12-8-3-4-9-13(12)16(21)22/h2-4,8-9,11H,1,5-7,10H2,(H,17,18)(H,19,20)(H,21,22). The van der Waals surface area contributed by atoms with Gasteiger partial charge in [-0.2, -0.15) is 0 Å². The third-order valence-corrected chi connectivity index (χ3v) is 3.22. The van der Waals surface area contributed by atoms with Gasteiger partial charge in [-0.3, -0.25) is 9.59 Å². The van der Waals surface area contributed by atoms with Gasteiger partial charge in [0.2, 0.25) is 0 Å². The molecule has 1 aromatic rings. The predicted octanol–water partition coefficient (Wildman–Crippen LogP) is 2.17. The van der Waals surface area contributed by atoms with Crippen LogP contribution in [0.4, 0.5) is 0 Å². The van der Waals surface area contributed by atoms with Crippen molar-refractivity contribution in [1.29, 1.82) is 0 Å². The minimum Gasteiger partial charge on any atom is -0.481 e. The van der Waals surface area contributed by atoms with Crippen LogP contribution in [0.25, 0.3) is 0 Å². The van der Waals surface area contributed by atoms with Gasteiger partial charge in [-0.15, -0.1) is 6.58 Å². The van der Waals surface area contributed by atoms with Gasteiger partial charge in [-0.1, -0.05) is 18.2 Å². The first-order valence-electron chi connectivity index (χ1n) is 6.91. The Kier molecular flexibility index (Phi) is 6.82. The molecule has 0 saturated carbocycles. The SMILES string of the molecule is C=CCC(CCCNC(=O)c1ccccc1C(=O)O)C(=O)O. The summed E-state index contributed by atoms with van der Waals surface area (Å²) in [6, 6.07) is 5.94. The van der Waals surface area contributed by atoms with Crippen LogP contribution in [0.3, 0.4) is 0 Å². The van der Waals surface area contributed by atoms with Crippen LogP contribution in [0.15, 0.2) is 36.9 Å². The first-order valence-corrected chi connectivity index (χ1v) is 6.91. The Labute approximate surface area is 128 Å². The molecule has 3 N–H and O–H groups in total. The second-order valence-electron chi connectivity index (χ2n) is 4.81. The summed E-state index contributed by atoms with van der Waals surface area (Å²) in [7, 11) is 0. The molecule has 0 spiro atoms. The molecule has 0 aromatic heterocycles. The summed E-state index contributed by atoms with van der Waals surface area (Å²) in [4.78, 5) is 34.0. The van der Waals surface area contributed by atoms with E-state index >= 15 is 0 Å². The molecule has 0 aliphatic heterocycles. The fraction of sp³-hybridized carbons (Fsp3) is 0.312. The molecule has 6 heteroatoms. The number of carbonyl (C=O) groups is 3. The van der Waals surface area contributed by atoms with E-state index in [0.29, 0.717) is 19.3 Å². The summed E-state index contributed by atoms with van der Waals surface area (Å²) in [6.07, 6.45) is 2.85.